The van der Waals surface area contributed by atoms with Gasteiger partial charge >= 0.3 is 0 Å². The topological polar surface area (TPSA) is 116 Å². The molecule has 316 valence electrons. The number of sulfonamides is 2. The number of likely N-dealkylation sites (tertiary alicyclic amines) is 2. The molecule has 4 fully saturated rings. The van der Waals surface area contributed by atoms with E-state index in [4.69, 9.17) is 0 Å². The molecule has 2 N–H and O–H groups in total. The fourth-order valence-electron chi connectivity index (χ4n) is 10.3. The van der Waals surface area contributed by atoms with Crippen LogP contribution >= 0.6 is 0 Å². The zero-order chi connectivity index (χ0) is 42.6. The summed E-state index contributed by atoms with van der Waals surface area (Å²) in [6.45, 7) is 18.4. The van der Waals surface area contributed by atoms with E-state index in [0.29, 0.717) is 41.5 Å². The molecule has 2 saturated heterocycles. The van der Waals surface area contributed by atoms with Gasteiger partial charge < -0.3 is 9.80 Å². The highest BCUT2D eigenvalue weighted by Gasteiger charge is 2.67. The van der Waals surface area contributed by atoms with E-state index in [1.165, 1.54) is 22.9 Å². The molecule has 1 amide bonds. The lowest BCUT2D eigenvalue weighted by molar-refractivity contribution is -0.132. The van der Waals surface area contributed by atoms with Crippen LogP contribution in [0.5, 0.6) is 0 Å². The standard InChI is InChI=1S/C24H30N2O3S.C24H32N2O2S/c1-23(2,17-9-6-5-7-10-17)14-22(27)26-15-20-21(16-26)24(20,3)18-11-8-12-19(13-18)25-30(4,28)29;1-23(2,18-9-6-5-7-10-18)13-14-26-16-21-22(17-26)24(21,3)19-11-8-12-20(15-19)25-29(4,27)28/h5-13,20-21,25H,14-16H2,1-4H3;5-12,15,21-22,25H,13-14,16-17H2,1-4H3. The summed E-state index contributed by atoms with van der Waals surface area (Å²) in [5.41, 5.74) is 6.40. The van der Waals surface area contributed by atoms with Crippen molar-refractivity contribution in [2.24, 2.45) is 23.7 Å². The molecule has 4 aromatic rings. The Morgan fingerprint density at radius 2 is 1.02 bits per heavy atom. The molecule has 11 heteroatoms. The Morgan fingerprint density at radius 3 is 1.44 bits per heavy atom. The van der Waals surface area contributed by atoms with Gasteiger partial charge in [0.1, 0.15) is 0 Å². The van der Waals surface area contributed by atoms with Crippen LogP contribution in [0.25, 0.3) is 0 Å². The van der Waals surface area contributed by atoms with E-state index in [1.807, 2.05) is 53.4 Å². The second kappa shape index (κ2) is 15.7. The predicted octanol–water partition coefficient (Wildman–Crippen LogP) is 8.02. The number of carbonyl (C=O) groups is 1. The van der Waals surface area contributed by atoms with Gasteiger partial charge in [0.2, 0.25) is 26.0 Å². The Kier molecular flexibility index (Phi) is 11.4. The summed E-state index contributed by atoms with van der Waals surface area (Å²) in [6.07, 6.45) is 4.01. The molecule has 2 heterocycles. The smallest absolute Gasteiger partial charge is 0.229 e. The normalized spacial score (nSPS) is 26.3. The molecule has 4 unspecified atom stereocenters. The van der Waals surface area contributed by atoms with Gasteiger partial charge in [-0.2, -0.15) is 0 Å². The van der Waals surface area contributed by atoms with Crippen LogP contribution in [0, 0.1) is 23.7 Å². The maximum absolute atomic E-state index is 13.0. The van der Waals surface area contributed by atoms with Crippen LogP contribution in [-0.4, -0.2) is 77.8 Å². The fraction of sp³-hybridized carbons (Fsp3) is 0.479. The molecule has 2 aliphatic carbocycles. The van der Waals surface area contributed by atoms with Crippen molar-refractivity contribution < 1.29 is 21.6 Å². The molecular weight excluding hydrogens is 777 g/mol. The minimum atomic E-state index is -3.30. The van der Waals surface area contributed by atoms with E-state index in [-0.39, 0.29) is 27.6 Å². The summed E-state index contributed by atoms with van der Waals surface area (Å²) in [5.74, 6) is 2.39. The molecule has 4 atom stereocenters. The number of amides is 1. The van der Waals surface area contributed by atoms with Crippen molar-refractivity contribution >= 4 is 37.3 Å². The predicted molar refractivity (Wildman–Crippen MR) is 240 cm³/mol. The van der Waals surface area contributed by atoms with Crippen molar-refractivity contribution in [1.82, 2.24) is 9.80 Å². The maximum Gasteiger partial charge on any atom is 0.229 e. The second-order valence-electron chi connectivity index (χ2n) is 19.4. The number of benzene rings is 4. The number of hydrogen-bond acceptors (Lipinski definition) is 6. The quantitative estimate of drug-likeness (QED) is 0.141. The van der Waals surface area contributed by atoms with Crippen LogP contribution in [0.15, 0.2) is 109 Å². The molecule has 2 saturated carbocycles. The van der Waals surface area contributed by atoms with Gasteiger partial charge in [-0.05, 0) is 94.0 Å². The second-order valence-corrected chi connectivity index (χ2v) is 22.9. The van der Waals surface area contributed by atoms with Gasteiger partial charge in [-0.25, -0.2) is 16.8 Å². The number of anilines is 2. The number of hydrogen-bond donors (Lipinski definition) is 2. The molecule has 9 nitrogen and oxygen atoms in total. The summed E-state index contributed by atoms with van der Waals surface area (Å²) >= 11 is 0. The van der Waals surface area contributed by atoms with Crippen LogP contribution in [0.2, 0.25) is 0 Å². The molecule has 59 heavy (non-hydrogen) atoms. The fourth-order valence-corrected chi connectivity index (χ4v) is 11.4. The molecule has 4 aliphatic rings. The summed E-state index contributed by atoms with van der Waals surface area (Å²) in [6, 6.07) is 36.6. The number of piperidine rings is 2. The van der Waals surface area contributed by atoms with E-state index in [0.717, 1.165) is 51.0 Å². The van der Waals surface area contributed by atoms with Gasteiger partial charge in [-0.15, -0.1) is 0 Å². The zero-order valence-corrected chi connectivity index (χ0v) is 37.5. The van der Waals surface area contributed by atoms with E-state index < -0.39 is 20.0 Å². The van der Waals surface area contributed by atoms with Crippen molar-refractivity contribution in [2.75, 3.05) is 54.7 Å². The summed E-state index contributed by atoms with van der Waals surface area (Å²) in [4.78, 5) is 17.6. The van der Waals surface area contributed by atoms with Crippen LogP contribution in [0.3, 0.4) is 0 Å². The zero-order valence-electron chi connectivity index (χ0n) is 35.9. The number of nitrogens with zero attached hydrogens (tertiary/aromatic N) is 2. The summed E-state index contributed by atoms with van der Waals surface area (Å²) in [7, 11) is -6.55. The lowest BCUT2D eigenvalue weighted by Gasteiger charge is -2.30. The first-order chi connectivity index (χ1) is 27.6. The van der Waals surface area contributed by atoms with Gasteiger partial charge in [-0.1, -0.05) is 126 Å². The Hall–Kier alpha value is -4.19. The molecule has 2 aliphatic heterocycles. The molecule has 0 bridgehead atoms. The van der Waals surface area contributed by atoms with Crippen molar-refractivity contribution in [3.63, 3.8) is 0 Å². The van der Waals surface area contributed by atoms with Crippen LogP contribution < -0.4 is 9.44 Å². The highest BCUT2D eigenvalue weighted by molar-refractivity contribution is 7.92. The van der Waals surface area contributed by atoms with Crippen molar-refractivity contribution in [2.45, 2.75) is 76.0 Å². The number of fused-ring (bicyclic) bond motifs is 2. The lowest BCUT2D eigenvalue weighted by Crippen LogP contribution is -2.37. The molecule has 0 spiro atoms. The lowest BCUT2D eigenvalue weighted by atomic mass is 9.81. The largest absolute Gasteiger partial charge is 0.342 e. The maximum atomic E-state index is 13.0. The minimum absolute atomic E-state index is 0.000914. The number of nitrogens with one attached hydrogen (secondary N) is 2. The Morgan fingerprint density at radius 1 is 0.610 bits per heavy atom. The first-order valence-corrected chi connectivity index (χ1v) is 24.7. The highest BCUT2D eigenvalue weighted by atomic mass is 32.2. The highest BCUT2D eigenvalue weighted by Crippen LogP contribution is 2.64. The summed E-state index contributed by atoms with van der Waals surface area (Å²) < 4.78 is 51.4. The third-order valence-corrected chi connectivity index (χ3v) is 15.5. The van der Waals surface area contributed by atoms with Crippen LogP contribution in [0.1, 0.15) is 76.6 Å². The average Bonchev–Trinajstić information content (AvgIpc) is 3.64. The van der Waals surface area contributed by atoms with Crippen molar-refractivity contribution in [3.05, 3.63) is 131 Å². The molecule has 8 rings (SSSR count). The van der Waals surface area contributed by atoms with Crippen molar-refractivity contribution in [3.8, 4) is 0 Å². The molecule has 0 radical (unpaired) electrons. The summed E-state index contributed by atoms with van der Waals surface area (Å²) in [5, 5.41) is 0. The van der Waals surface area contributed by atoms with E-state index in [1.54, 1.807) is 6.07 Å². The molecule has 4 aromatic carbocycles. The number of carbonyl (C=O) groups excluding carboxylic acids is 1. The Labute approximate surface area is 353 Å². The Bertz CT molecular complexity index is 2360. The minimum Gasteiger partial charge on any atom is -0.342 e. The van der Waals surface area contributed by atoms with Gasteiger partial charge in [0, 0.05) is 54.8 Å². The van der Waals surface area contributed by atoms with Gasteiger partial charge in [0.25, 0.3) is 0 Å². The first kappa shape index (κ1) is 42.9. The van der Waals surface area contributed by atoms with Gasteiger partial charge in [0.15, 0.2) is 0 Å². The van der Waals surface area contributed by atoms with E-state index in [9.17, 15) is 21.6 Å². The first-order valence-electron chi connectivity index (χ1n) is 20.9. The molecule has 0 aromatic heterocycles. The van der Waals surface area contributed by atoms with E-state index >= 15 is 0 Å². The SMILES string of the molecule is CC(C)(CC(=O)N1CC2C(C1)C2(C)c1cccc(NS(C)(=O)=O)c1)c1ccccc1.CC(C)(CCN1CC2C(C1)C2(C)c1cccc(NS(C)(=O)=O)c1)c1ccccc1. The Balaban J connectivity index is 0.000000179. The van der Waals surface area contributed by atoms with Gasteiger partial charge in [0.05, 0.1) is 12.5 Å². The van der Waals surface area contributed by atoms with E-state index in [2.05, 4.69) is 110 Å². The van der Waals surface area contributed by atoms with Crippen molar-refractivity contribution in [1.29, 1.82) is 0 Å². The monoisotopic (exact) mass is 838 g/mol. The third-order valence-electron chi connectivity index (χ3n) is 14.3. The van der Waals surface area contributed by atoms with Gasteiger partial charge in [-0.3, -0.25) is 14.2 Å². The number of rotatable bonds is 13. The van der Waals surface area contributed by atoms with Crippen LogP contribution in [0.4, 0.5) is 11.4 Å². The third kappa shape index (κ3) is 9.27. The van der Waals surface area contributed by atoms with Crippen LogP contribution in [-0.2, 0) is 46.5 Å². The molecular formula is C48H62N4O5S2. The average molecular weight is 839 g/mol.